The molecule has 0 aliphatic rings. The minimum Gasteiger partial charge on any atom is -0.0883 e. The summed E-state index contributed by atoms with van der Waals surface area (Å²) in [4.78, 5) is 0. The highest BCUT2D eigenvalue weighted by Gasteiger charge is 2.03. The topological polar surface area (TPSA) is 0 Å². The van der Waals surface area contributed by atoms with Gasteiger partial charge < -0.3 is 0 Å². The second-order valence-electron chi connectivity index (χ2n) is 4.13. The first kappa shape index (κ1) is 10.0. The fourth-order valence-electron chi connectivity index (χ4n) is 1.90. The lowest BCUT2D eigenvalue weighted by atomic mass is 9.88. The van der Waals surface area contributed by atoms with Gasteiger partial charge in [-0.3, -0.25) is 0 Å². The van der Waals surface area contributed by atoms with Crippen LogP contribution in [0.1, 0.15) is 11.1 Å². The van der Waals surface area contributed by atoms with Gasteiger partial charge in [-0.2, -0.15) is 0 Å². The molecular formula is C14H15B. The van der Waals surface area contributed by atoms with Gasteiger partial charge in [-0.25, -0.2) is 0 Å². The van der Waals surface area contributed by atoms with Crippen molar-refractivity contribution in [2.75, 3.05) is 0 Å². The van der Waals surface area contributed by atoms with E-state index < -0.39 is 0 Å². The van der Waals surface area contributed by atoms with Gasteiger partial charge in [0.25, 0.3) is 0 Å². The summed E-state index contributed by atoms with van der Waals surface area (Å²) in [6.07, 6.45) is 0. The molecule has 0 N–H and O–H groups in total. The molecule has 0 aromatic heterocycles. The summed E-state index contributed by atoms with van der Waals surface area (Å²) >= 11 is 0. The molecule has 0 unspecified atom stereocenters. The summed E-state index contributed by atoms with van der Waals surface area (Å²) in [6, 6.07) is 15.2. The highest BCUT2D eigenvalue weighted by Crippen LogP contribution is 2.25. The molecule has 0 saturated heterocycles. The molecular weight excluding hydrogens is 179 g/mol. The average Bonchev–Trinajstić information content (AvgIpc) is 2.23. The molecule has 2 aromatic carbocycles. The predicted molar refractivity (Wildman–Crippen MR) is 69.5 cm³/mol. The Hall–Kier alpha value is -1.50. The van der Waals surface area contributed by atoms with Crippen LogP contribution < -0.4 is 5.46 Å². The van der Waals surface area contributed by atoms with Crippen LogP contribution in [0.3, 0.4) is 0 Å². The van der Waals surface area contributed by atoms with E-state index in [4.69, 9.17) is 0 Å². The van der Waals surface area contributed by atoms with Gasteiger partial charge in [-0.1, -0.05) is 47.9 Å². The Morgan fingerprint density at radius 1 is 0.800 bits per heavy atom. The lowest BCUT2D eigenvalue weighted by molar-refractivity contribution is 1.42. The second kappa shape index (κ2) is 3.94. The molecule has 0 bridgehead atoms. The number of benzene rings is 2. The van der Waals surface area contributed by atoms with Crippen molar-refractivity contribution in [3.8, 4) is 11.1 Å². The lowest BCUT2D eigenvalue weighted by Crippen LogP contribution is -2.02. The van der Waals surface area contributed by atoms with Gasteiger partial charge in [-0.05, 0) is 36.1 Å². The van der Waals surface area contributed by atoms with Gasteiger partial charge in [-0.15, -0.1) is 0 Å². The van der Waals surface area contributed by atoms with E-state index in [-0.39, 0.29) is 0 Å². The van der Waals surface area contributed by atoms with Gasteiger partial charge in [0.2, 0.25) is 0 Å². The molecule has 0 spiro atoms. The smallest absolute Gasteiger partial charge is 0.0883 e. The Bertz CT molecular complexity index is 486. The highest BCUT2D eigenvalue weighted by atomic mass is 14.1. The predicted octanol–water partition coefficient (Wildman–Crippen LogP) is 2.23. The van der Waals surface area contributed by atoms with Gasteiger partial charge >= 0.3 is 0 Å². The molecule has 0 aliphatic heterocycles. The van der Waals surface area contributed by atoms with Gasteiger partial charge in [0.1, 0.15) is 7.85 Å². The standard InChI is InChI=1S/C14H15B/c1-10-5-3-4-6-13(10)14-9-12(15)8-7-11(14)2/h3-9H,15H2,1-2H3. The molecule has 1 heteroatoms. The molecule has 0 aliphatic carbocycles. The van der Waals surface area contributed by atoms with Crippen LogP contribution in [0.2, 0.25) is 0 Å². The molecule has 0 nitrogen and oxygen atoms in total. The summed E-state index contributed by atoms with van der Waals surface area (Å²) in [5.41, 5.74) is 6.70. The Morgan fingerprint density at radius 2 is 1.47 bits per heavy atom. The molecule has 2 aromatic rings. The van der Waals surface area contributed by atoms with Crippen molar-refractivity contribution >= 4 is 13.3 Å². The first-order valence-corrected chi connectivity index (χ1v) is 5.32. The molecule has 0 amide bonds. The zero-order chi connectivity index (χ0) is 10.8. The van der Waals surface area contributed by atoms with Crippen molar-refractivity contribution in [2.24, 2.45) is 0 Å². The molecule has 2 rings (SSSR count). The van der Waals surface area contributed by atoms with E-state index >= 15 is 0 Å². The van der Waals surface area contributed by atoms with E-state index in [0.717, 1.165) is 0 Å². The van der Waals surface area contributed by atoms with E-state index in [1.54, 1.807) is 0 Å². The van der Waals surface area contributed by atoms with Gasteiger partial charge in [0.05, 0.1) is 0 Å². The summed E-state index contributed by atoms with van der Waals surface area (Å²) in [5.74, 6) is 0. The number of aryl methyl sites for hydroxylation is 2. The van der Waals surface area contributed by atoms with Crippen LogP contribution in [0.25, 0.3) is 11.1 Å². The van der Waals surface area contributed by atoms with Crippen LogP contribution in [0.15, 0.2) is 42.5 Å². The van der Waals surface area contributed by atoms with E-state index in [1.807, 2.05) is 0 Å². The normalized spacial score (nSPS) is 10.3. The molecule has 0 fully saturated rings. The third-order valence-electron chi connectivity index (χ3n) is 2.83. The fraction of sp³-hybridized carbons (Fsp3) is 0.143. The minimum absolute atomic E-state index is 1.32. The van der Waals surface area contributed by atoms with Crippen molar-refractivity contribution < 1.29 is 0 Å². The van der Waals surface area contributed by atoms with Crippen molar-refractivity contribution in [3.63, 3.8) is 0 Å². The lowest BCUT2D eigenvalue weighted by Gasteiger charge is -2.10. The third-order valence-corrected chi connectivity index (χ3v) is 2.83. The molecule has 15 heavy (non-hydrogen) atoms. The maximum absolute atomic E-state index is 2.26. The van der Waals surface area contributed by atoms with Crippen molar-refractivity contribution in [1.82, 2.24) is 0 Å². The Labute approximate surface area is 92.4 Å². The fourth-order valence-corrected chi connectivity index (χ4v) is 1.90. The van der Waals surface area contributed by atoms with Crippen LogP contribution in [0.4, 0.5) is 0 Å². The van der Waals surface area contributed by atoms with E-state index in [1.165, 1.54) is 27.7 Å². The van der Waals surface area contributed by atoms with E-state index in [2.05, 4.69) is 64.2 Å². The van der Waals surface area contributed by atoms with E-state index in [0.29, 0.717) is 0 Å². The maximum Gasteiger partial charge on any atom is 0.139 e. The van der Waals surface area contributed by atoms with Gasteiger partial charge in [0.15, 0.2) is 0 Å². The van der Waals surface area contributed by atoms with Crippen molar-refractivity contribution in [3.05, 3.63) is 53.6 Å². The zero-order valence-electron chi connectivity index (χ0n) is 9.54. The Morgan fingerprint density at radius 3 is 2.20 bits per heavy atom. The van der Waals surface area contributed by atoms with Crippen molar-refractivity contribution in [2.45, 2.75) is 13.8 Å². The van der Waals surface area contributed by atoms with Crippen LogP contribution >= 0.6 is 0 Å². The zero-order valence-corrected chi connectivity index (χ0v) is 9.54. The summed E-state index contributed by atoms with van der Waals surface area (Å²) < 4.78 is 0. The van der Waals surface area contributed by atoms with Crippen LogP contribution in [-0.4, -0.2) is 7.85 Å². The molecule has 0 heterocycles. The van der Waals surface area contributed by atoms with Crippen LogP contribution in [0.5, 0.6) is 0 Å². The molecule has 0 radical (unpaired) electrons. The number of rotatable bonds is 1. The second-order valence-corrected chi connectivity index (χ2v) is 4.13. The van der Waals surface area contributed by atoms with Crippen LogP contribution in [0, 0.1) is 13.8 Å². The first-order valence-electron chi connectivity index (χ1n) is 5.32. The Kier molecular flexibility index (Phi) is 2.63. The highest BCUT2D eigenvalue weighted by molar-refractivity contribution is 6.32. The van der Waals surface area contributed by atoms with Crippen LogP contribution in [-0.2, 0) is 0 Å². The molecule has 74 valence electrons. The van der Waals surface area contributed by atoms with E-state index in [9.17, 15) is 0 Å². The Balaban J connectivity index is 2.64. The average molecular weight is 194 g/mol. The number of hydrogen-bond acceptors (Lipinski definition) is 0. The monoisotopic (exact) mass is 194 g/mol. The maximum atomic E-state index is 2.26. The quantitative estimate of drug-likeness (QED) is 0.610. The largest absolute Gasteiger partial charge is 0.139 e. The third kappa shape index (κ3) is 1.96. The molecule has 0 atom stereocenters. The summed E-state index contributed by atoms with van der Waals surface area (Å²) in [6.45, 7) is 4.33. The first-order chi connectivity index (χ1) is 7.18. The van der Waals surface area contributed by atoms with Crippen molar-refractivity contribution in [1.29, 1.82) is 0 Å². The summed E-state index contributed by atoms with van der Waals surface area (Å²) in [7, 11) is 2.14. The SMILES string of the molecule is Bc1ccc(C)c(-c2ccccc2C)c1. The van der Waals surface area contributed by atoms with Gasteiger partial charge in [0, 0.05) is 0 Å². The molecule has 0 saturated carbocycles. The summed E-state index contributed by atoms with van der Waals surface area (Å²) in [5, 5.41) is 0. The number of hydrogen-bond donors (Lipinski definition) is 0. The minimum atomic E-state index is 1.32.